The minimum atomic E-state index is 0.400. The van der Waals surface area contributed by atoms with E-state index in [-0.39, 0.29) is 0 Å². The smallest absolute Gasteiger partial charge is 0.191 e. The van der Waals surface area contributed by atoms with E-state index in [1.165, 1.54) is 0 Å². The van der Waals surface area contributed by atoms with E-state index < -0.39 is 0 Å². The predicted octanol–water partition coefficient (Wildman–Crippen LogP) is 5.20. The lowest BCUT2D eigenvalue weighted by Crippen LogP contribution is -2.23. The fourth-order valence-corrected chi connectivity index (χ4v) is 2.58. The Bertz CT molecular complexity index is 928. The second kappa shape index (κ2) is 10.1. The van der Waals surface area contributed by atoms with Crippen LogP contribution in [0.2, 0.25) is 0 Å². The zero-order valence-corrected chi connectivity index (χ0v) is 16.3. The van der Waals surface area contributed by atoms with Crippen molar-refractivity contribution in [3.63, 3.8) is 0 Å². The number of ether oxygens (including phenoxy) is 2. The summed E-state index contributed by atoms with van der Waals surface area (Å²) in [4.78, 5) is 0. The average molecular weight is 391 g/mol. The molecule has 2 N–H and O–H groups in total. The number of thiocarbonyl (C=S) groups is 1. The van der Waals surface area contributed by atoms with Crippen molar-refractivity contribution in [3.8, 4) is 17.2 Å². The predicted molar refractivity (Wildman–Crippen MR) is 118 cm³/mol. The molecule has 0 aliphatic rings. The van der Waals surface area contributed by atoms with Crippen LogP contribution in [-0.2, 0) is 0 Å². The molecule has 0 aliphatic heterocycles. The van der Waals surface area contributed by atoms with Gasteiger partial charge in [-0.25, -0.2) is 0 Å². The molecule has 3 rings (SSSR count). The molecule has 5 nitrogen and oxygen atoms in total. The molecular weight excluding hydrogens is 370 g/mol. The molecule has 3 aromatic rings. The highest BCUT2D eigenvalue weighted by molar-refractivity contribution is 7.80. The highest BCUT2D eigenvalue weighted by atomic mass is 32.1. The van der Waals surface area contributed by atoms with Crippen LogP contribution in [0.4, 0.5) is 5.69 Å². The highest BCUT2D eigenvalue weighted by Crippen LogP contribution is 2.21. The minimum absolute atomic E-state index is 0.400. The third-order valence-electron chi connectivity index (χ3n) is 3.64. The first kappa shape index (κ1) is 19.4. The SMILES string of the molecule is CCOc1ccc(NC(=S)N/N=C/c2cccc(Oc3ccccc3)c2)cc1. The van der Waals surface area contributed by atoms with E-state index in [4.69, 9.17) is 21.7 Å². The number of para-hydroxylation sites is 1. The topological polar surface area (TPSA) is 54.9 Å². The molecule has 0 amide bonds. The molecule has 0 heterocycles. The molecule has 0 saturated carbocycles. The van der Waals surface area contributed by atoms with Crippen LogP contribution in [0.15, 0.2) is 84.0 Å². The van der Waals surface area contributed by atoms with Crippen molar-refractivity contribution in [1.82, 2.24) is 5.43 Å². The Morgan fingerprint density at radius 2 is 1.68 bits per heavy atom. The van der Waals surface area contributed by atoms with Gasteiger partial charge in [0.1, 0.15) is 17.2 Å². The van der Waals surface area contributed by atoms with Crippen molar-refractivity contribution in [3.05, 3.63) is 84.4 Å². The first-order valence-corrected chi connectivity index (χ1v) is 9.29. The fraction of sp³-hybridized carbons (Fsp3) is 0.0909. The molecule has 142 valence electrons. The maximum Gasteiger partial charge on any atom is 0.191 e. The van der Waals surface area contributed by atoms with Gasteiger partial charge in [0.25, 0.3) is 0 Å². The van der Waals surface area contributed by atoms with Gasteiger partial charge in [0, 0.05) is 5.69 Å². The van der Waals surface area contributed by atoms with Gasteiger partial charge >= 0.3 is 0 Å². The number of hydrogen-bond donors (Lipinski definition) is 2. The standard InChI is InChI=1S/C22H21N3O2S/c1-2-26-19-13-11-18(12-14-19)24-22(28)25-23-16-17-7-6-10-21(15-17)27-20-8-4-3-5-9-20/h3-16H,2H2,1H3,(H2,24,25,28)/b23-16+. The zero-order chi connectivity index (χ0) is 19.6. The molecule has 3 aromatic carbocycles. The Balaban J connectivity index is 1.52. The lowest BCUT2D eigenvalue weighted by molar-refractivity contribution is 0.340. The van der Waals surface area contributed by atoms with Crippen molar-refractivity contribution in [2.75, 3.05) is 11.9 Å². The Morgan fingerprint density at radius 3 is 2.43 bits per heavy atom. The Kier molecular flexibility index (Phi) is 6.98. The molecule has 0 unspecified atom stereocenters. The van der Waals surface area contributed by atoms with Gasteiger partial charge in [-0.2, -0.15) is 5.10 Å². The van der Waals surface area contributed by atoms with Crippen LogP contribution in [0.3, 0.4) is 0 Å². The monoisotopic (exact) mass is 391 g/mol. The van der Waals surface area contributed by atoms with Crippen molar-refractivity contribution in [2.24, 2.45) is 5.10 Å². The molecule has 0 fully saturated rings. The molecule has 28 heavy (non-hydrogen) atoms. The van der Waals surface area contributed by atoms with Gasteiger partial charge in [0.2, 0.25) is 0 Å². The van der Waals surface area contributed by atoms with Crippen LogP contribution >= 0.6 is 12.2 Å². The van der Waals surface area contributed by atoms with Gasteiger partial charge in [0.05, 0.1) is 12.8 Å². The summed E-state index contributed by atoms with van der Waals surface area (Å²) in [7, 11) is 0. The Labute approximate surface area is 170 Å². The van der Waals surface area contributed by atoms with Crippen LogP contribution in [0, 0.1) is 0 Å². The zero-order valence-electron chi connectivity index (χ0n) is 15.5. The number of anilines is 1. The van der Waals surface area contributed by atoms with Gasteiger partial charge in [-0.1, -0.05) is 30.3 Å². The molecule has 0 radical (unpaired) electrons. The third-order valence-corrected chi connectivity index (χ3v) is 3.83. The Morgan fingerprint density at radius 1 is 0.929 bits per heavy atom. The third kappa shape index (κ3) is 6.10. The van der Waals surface area contributed by atoms with E-state index in [2.05, 4.69) is 15.8 Å². The summed E-state index contributed by atoms with van der Waals surface area (Å²) < 4.78 is 11.2. The molecule has 0 aliphatic carbocycles. The van der Waals surface area contributed by atoms with Crippen molar-refractivity contribution >= 4 is 29.2 Å². The number of rotatable bonds is 7. The molecule has 0 atom stereocenters. The van der Waals surface area contributed by atoms with E-state index in [9.17, 15) is 0 Å². The van der Waals surface area contributed by atoms with E-state index >= 15 is 0 Å². The molecule has 0 aromatic heterocycles. The summed E-state index contributed by atoms with van der Waals surface area (Å²) in [6, 6.07) is 24.9. The summed E-state index contributed by atoms with van der Waals surface area (Å²) in [5, 5.41) is 7.64. The number of hydrogen-bond acceptors (Lipinski definition) is 4. The lowest BCUT2D eigenvalue weighted by atomic mass is 10.2. The summed E-state index contributed by atoms with van der Waals surface area (Å²) in [5.41, 5.74) is 4.56. The molecular formula is C22H21N3O2S. The number of nitrogens with one attached hydrogen (secondary N) is 2. The van der Waals surface area contributed by atoms with Gasteiger partial charge in [-0.05, 0) is 73.2 Å². The van der Waals surface area contributed by atoms with E-state index in [1.807, 2.05) is 85.8 Å². The maximum absolute atomic E-state index is 5.82. The molecule has 0 spiro atoms. The van der Waals surface area contributed by atoms with Gasteiger partial charge in [0.15, 0.2) is 5.11 Å². The van der Waals surface area contributed by atoms with Crippen molar-refractivity contribution in [1.29, 1.82) is 0 Å². The fourth-order valence-electron chi connectivity index (χ4n) is 2.41. The summed E-state index contributed by atoms with van der Waals surface area (Å²) >= 11 is 5.26. The molecule has 0 bridgehead atoms. The van der Waals surface area contributed by atoms with E-state index in [0.717, 1.165) is 28.5 Å². The normalized spacial score (nSPS) is 10.5. The van der Waals surface area contributed by atoms with Gasteiger partial charge in [-0.3, -0.25) is 5.43 Å². The van der Waals surface area contributed by atoms with Crippen molar-refractivity contribution < 1.29 is 9.47 Å². The second-order valence-electron chi connectivity index (χ2n) is 5.77. The van der Waals surface area contributed by atoms with Crippen LogP contribution in [-0.4, -0.2) is 17.9 Å². The first-order valence-electron chi connectivity index (χ1n) is 8.89. The van der Waals surface area contributed by atoms with Crippen molar-refractivity contribution in [2.45, 2.75) is 6.92 Å². The highest BCUT2D eigenvalue weighted by Gasteiger charge is 1.99. The number of benzene rings is 3. The lowest BCUT2D eigenvalue weighted by Gasteiger charge is -2.08. The maximum atomic E-state index is 5.82. The average Bonchev–Trinajstić information content (AvgIpc) is 2.71. The first-order chi connectivity index (χ1) is 13.7. The summed E-state index contributed by atoms with van der Waals surface area (Å²) in [6.07, 6.45) is 1.68. The minimum Gasteiger partial charge on any atom is -0.494 e. The van der Waals surface area contributed by atoms with Crippen LogP contribution in [0.25, 0.3) is 0 Å². The quantitative estimate of drug-likeness (QED) is 0.329. The largest absolute Gasteiger partial charge is 0.494 e. The summed E-state index contributed by atoms with van der Waals surface area (Å²) in [6.45, 7) is 2.59. The number of hydrazone groups is 1. The van der Waals surface area contributed by atoms with E-state index in [0.29, 0.717) is 11.7 Å². The second-order valence-corrected chi connectivity index (χ2v) is 6.18. The number of nitrogens with zero attached hydrogens (tertiary/aromatic N) is 1. The summed E-state index contributed by atoms with van der Waals surface area (Å²) in [5.74, 6) is 2.35. The van der Waals surface area contributed by atoms with Crippen LogP contribution < -0.4 is 20.2 Å². The van der Waals surface area contributed by atoms with Crippen LogP contribution in [0.1, 0.15) is 12.5 Å². The van der Waals surface area contributed by atoms with E-state index in [1.54, 1.807) is 6.21 Å². The molecule has 0 saturated heterocycles. The van der Waals surface area contributed by atoms with Gasteiger partial charge in [-0.15, -0.1) is 0 Å². The van der Waals surface area contributed by atoms with Crippen LogP contribution in [0.5, 0.6) is 17.2 Å². The Hall–Kier alpha value is -3.38. The van der Waals surface area contributed by atoms with Gasteiger partial charge < -0.3 is 14.8 Å². The molecule has 6 heteroatoms.